The molecule has 0 aromatic heterocycles. The summed E-state index contributed by atoms with van der Waals surface area (Å²) < 4.78 is 28.2. The SMILES string of the molecule is Cc1cc(C)c(C)c(S(=O)(=O)N2CCc3ccccc3C2)c1C. The van der Waals surface area contributed by atoms with Crippen molar-refractivity contribution in [2.24, 2.45) is 0 Å². The topological polar surface area (TPSA) is 37.4 Å². The molecule has 3 rings (SSSR count). The van der Waals surface area contributed by atoms with Gasteiger partial charge >= 0.3 is 0 Å². The highest BCUT2D eigenvalue weighted by atomic mass is 32.2. The molecule has 4 heteroatoms. The van der Waals surface area contributed by atoms with Crippen LogP contribution in [0.4, 0.5) is 0 Å². The van der Waals surface area contributed by atoms with Crippen molar-refractivity contribution < 1.29 is 8.42 Å². The van der Waals surface area contributed by atoms with E-state index >= 15 is 0 Å². The van der Waals surface area contributed by atoms with Gasteiger partial charge in [0.1, 0.15) is 0 Å². The van der Waals surface area contributed by atoms with Gasteiger partial charge in [0, 0.05) is 13.1 Å². The Hall–Kier alpha value is -1.65. The average molecular weight is 329 g/mol. The lowest BCUT2D eigenvalue weighted by Crippen LogP contribution is -2.36. The minimum atomic E-state index is -3.48. The molecule has 0 saturated heterocycles. The van der Waals surface area contributed by atoms with E-state index in [9.17, 15) is 8.42 Å². The fourth-order valence-electron chi connectivity index (χ4n) is 3.37. The number of sulfonamides is 1. The molecular weight excluding hydrogens is 306 g/mol. The summed E-state index contributed by atoms with van der Waals surface area (Å²) in [5, 5.41) is 0. The second kappa shape index (κ2) is 5.77. The van der Waals surface area contributed by atoms with Crippen molar-refractivity contribution in [3.8, 4) is 0 Å². The second-order valence-corrected chi connectivity index (χ2v) is 8.32. The van der Waals surface area contributed by atoms with E-state index in [1.54, 1.807) is 4.31 Å². The Morgan fingerprint density at radius 1 is 0.913 bits per heavy atom. The molecule has 0 amide bonds. The van der Waals surface area contributed by atoms with Crippen LogP contribution in [0.3, 0.4) is 0 Å². The Labute approximate surface area is 139 Å². The van der Waals surface area contributed by atoms with Gasteiger partial charge in [0.05, 0.1) is 4.90 Å². The summed E-state index contributed by atoms with van der Waals surface area (Å²) in [5.74, 6) is 0. The van der Waals surface area contributed by atoms with Gasteiger partial charge in [0.15, 0.2) is 0 Å². The van der Waals surface area contributed by atoms with Crippen LogP contribution in [-0.2, 0) is 23.0 Å². The van der Waals surface area contributed by atoms with Gasteiger partial charge in [-0.3, -0.25) is 0 Å². The van der Waals surface area contributed by atoms with Crippen LogP contribution in [0, 0.1) is 27.7 Å². The average Bonchev–Trinajstić information content (AvgIpc) is 2.52. The summed E-state index contributed by atoms with van der Waals surface area (Å²) in [7, 11) is -3.48. The summed E-state index contributed by atoms with van der Waals surface area (Å²) in [6, 6.07) is 10.2. The third-order valence-electron chi connectivity index (χ3n) is 4.99. The highest BCUT2D eigenvalue weighted by Crippen LogP contribution is 2.31. The number of nitrogens with zero attached hydrogens (tertiary/aromatic N) is 1. The molecule has 0 spiro atoms. The molecule has 1 heterocycles. The Bertz CT molecular complexity index is 843. The monoisotopic (exact) mass is 329 g/mol. The highest BCUT2D eigenvalue weighted by molar-refractivity contribution is 7.89. The van der Waals surface area contributed by atoms with Crippen LogP contribution in [0.2, 0.25) is 0 Å². The summed E-state index contributed by atoms with van der Waals surface area (Å²) >= 11 is 0. The van der Waals surface area contributed by atoms with Crippen LogP contribution < -0.4 is 0 Å². The van der Waals surface area contributed by atoms with Crippen LogP contribution in [0.5, 0.6) is 0 Å². The lowest BCUT2D eigenvalue weighted by Gasteiger charge is -2.29. The van der Waals surface area contributed by atoms with E-state index in [2.05, 4.69) is 12.1 Å². The quantitative estimate of drug-likeness (QED) is 0.843. The first-order chi connectivity index (χ1) is 10.8. The van der Waals surface area contributed by atoms with Gasteiger partial charge in [-0.15, -0.1) is 0 Å². The molecule has 2 aromatic carbocycles. The Morgan fingerprint density at radius 2 is 1.48 bits per heavy atom. The molecule has 0 unspecified atom stereocenters. The third kappa shape index (κ3) is 2.70. The zero-order valence-electron chi connectivity index (χ0n) is 14.2. The van der Waals surface area contributed by atoms with Gasteiger partial charge in [0.2, 0.25) is 10.0 Å². The van der Waals surface area contributed by atoms with E-state index in [-0.39, 0.29) is 0 Å². The maximum atomic E-state index is 13.3. The van der Waals surface area contributed by atoms with Crippen LogP contribution >= 0.6 is 0 Å². The van der Waals surface area contributed by atoms with Crippen LogP contribution in [0.15, 0.2) is 35.2 Å². The molecule has 122 valence electrons. The molecule has 0 saturated carbocycles. The van der Waals surface area contributed by atoms with Crippen molar-refractivity contribution in [1.29, 1.82) is 0 Å². The molecule has 0 bridgehead atoms. The molecule has 2 aromatic rings. The van der Waals surface area contributed by atoms with Gasteiger partial charge in [-0.25, -0.2) is 8.42 Å². The molecular formula is C19H23NO2S. The predicted octanol–water partition coefficient (Wildman–Crippen LogP) is 3.67. The third-order valence-corrected chi connectivity index (χ3v) is 7.11. The molecule has 0 atom stereocenters. The normalized spacial score (nSPS) is 15.5. The minimum Gasteiger partial charge on any atom is -0.207 e. The number of fused-ring (bicyclic) bond motifs is 1. The molecule has 0 fully saturated rings. The van der Waals surface area contributed by atoms with Crippen LogP contribution in [-0.4, -0.2) is 19.3 Å². The Morgan fingerprint density at radius 3 is 2.09 bits per heavy atom. The van der Waals surface area contributed by atoms with Crippen molar-refractivity contribution in [2.45, 2.75) is 45.6 Å². The fourth-order valence-corrected chi connectivity index (χ4v) is 5.37. The van der Waals surface area contributed by atoms with Gasteiger partial charge in [-0.2, -0.15) is 4.31 Å². The summed E-state index contributed by atoms with van der Waals surface area (Å²) in [6.07, 6.45) is 0.776. The number of aryl methyl sites for hydroxylation is 2. The number of hydrogen-bond acceptors (Lipinski definition) is 2. The molecule has 23 heavy (non-hydrogen) atoms. The smallest absolute Gasteiger partial charge is 0.207 e. The summed E-state index contributed by atoms with van der Waals surface area (Å²) in [5.41, 5.74) is 6.17. The van der Waals surface area contributed by atoms with E-state index in [4.69, 9.17) is 0 Å². The summed E-state index contributed by atoms with van der Waals surface area (Å²) in [6.45, 7) is 8.79. The van der Waals surface area contributed by atoms with Gasteiger partial charge in [-0.05, 0) is 67.5 Å². The Kier molecular flexibility index (Phi) is 4.07. The number of rotatable bonds is 2. The number of benzene rings is 2. The molecule has 1 aliphatic rings. The minimum absolute atomic E-state index is 0.463. The number of hydrogen-bond donors (Lipinski definition) is 0. The molecule has 0 N–H and O–H groups in total. The first-order valence-corrected chi connectivity index (χ1v) is 9.40. The van der Waals surface area contributed by atoms with Gasteiger partial charge < -0.3 is 0 Å². The van der Waals surface area contributed by atoms with E-state index in [1.807, 2.05) is 45.9 Å². The van der Waals surface area contributed by atoms with Crippen molar-refractivity contribution in [3.63, 3.8) is 0 Å². The van der Waals surface area contributed by atoms with E-state index in [0.717, 1.165) is 34.2 Å². The maximum Gasteiger partial charge on any atom is 0.243 e. The molecule has 1 aliphatic heterocycles. The molecule has 0 aliphatic carbocycles. The first kappa shape index (κ1) is 16.2. The lowest BCUT2D eigenvalue weighted by molar-refractivity contribution is 0.390. The lowest BCUT2D eigenvalue weighted by atomic mass is 10.0. The first-order valence-electron chi connectivity index (χ1n) is 7.96. The van der Waals surface area contributed by atoms with Gasteiger partial charge in [0.25, 0.3) is 0 Å². The summed E-state index contributed by atoms with van der Waals surface area (Å²) in [4.78, 5) is 0.495. The van der Waals surface area contributed by atoms with Crippen LogP contribution in [0.25, 0.3) is 0 Å². The second-order valence-electron chi connectivity index (χ2n) is 6.45. The fraction of sp³-hybridized carbons (Fsp3) is 0.368. The van der Waals surface area contributed by atoms with Crippen molar-refractivity contribution in [1.82, 2.24) is 4.31 Å². The predicted molar refractivity (Wildman–Crippen MR) is 93.1 cm³/mol. The maximum absolute atomic E-state index is 13.3. The zero-order valence-corrected chi connectivity index (χ0v) is 15.0. The standard InChI is InChI=1S/C19H23NO2S/c1-13-11-14(2)16(4)19(15(13)3)23(21,22)20-10-9-17-7-5-6-8-18(17)12-20/h5-8,11H,9-10,12H2,1-4H3. The molecule has 0 radical (unpaired) electrons. The van der Waals surface area contributed by atoms with Crippen molar-refractivity contribution >= 4 is 10.0 Å². The van der Waals surface area contributed by atoms with Crippen molar-refractivity contribution in [3.05, 3.63) is 63.7 Å². The van der Waals surface area contributed by atoms with Crippen molar-refractivity contribution in [2.75, 3.05) is 6.54 Å². The zero-order chi connectivity index (χ0) is 16.8. The van der Waals surface area contributed by atoms with E-state index in [1.165, 1.54) is 5.56 Å². The van der Waals surface area contributed by atoms with E-state index in [0.29, 0.717) is 18.0 Å². The molecule has 3 nitrogen and oxygen atoms in total. The Balaban J connectivity index is 2.08. The van der Waals surface area contributed by atoms with Gasteiger partial charge in [-0.1, -0.05) is 30.3 Å². The van der Waals surface area contributed by atoms with Crippen LogP contribution in [0.1, 0.15) is 33.4 Å². The van der Waals surface area contributed by atoms with E-state index < -0.39 is 10.0 Å². The largest absolute Gasteiger partial charge is 0.243 e. The highest BCUT2D eigenvalue weighted by Gasteiger charge is 2.31.